The average Bonchev–Trinajstić information content (AvgIpc) is 3.41. The number of thiazole rings is 1. The van der Waals surface area contributed by atoms with Gasteiger partial charge in [0.05, 0.1) is 0 Å². The Morgan fingerprint density at radius 1 is 1.07 bits per heavy atom. The number of rotatable bonds is 6. The van der Waals surface area contributed by atoms with Gasteiger partial charge in [0, 0.05) is 16.5 Å². The second-order valence-electron chi connectivity index (χ2n) is 5.07. The fourth-order valence-corrected chi connectivity index (χ4v) is 4.37. The minimum absolute atomic E-state index is 0.237. The van der Waals surface area contributed by atoms with Crippen LogP contribution in [0.1, 0.15) is 10.5 Å². The van der Waals surface area contributed by atoms with Crippen LogP contribution < -0.4 is 4.31 Å². The van der Waals surface area contributed by atoms with E-state index in [4.69, 9.17) is 0 Å². The van der Waals surface area contributed by atoms with E-state index < -0.39 is 0 Å². The number of anilines is 1. The van der Waals surface area contributed by atoms with Crippen LogP contribution in [0.2, 0.25) is 0 Å². The Labute approximate surface area is 167 Å². The summed E-state index contributed by atoms with van der Waals surface area (Å²) in [5, 5.41) is 10.3. The number of benzene rings is 1. The molecular weight excluding hydrogens is 400 g/mol. The van der Waals surface area contributed by atoms with Crippen LogP contribution in [0.4, 0.5) is 5.13 Å². The van der Waals surface area contributed by atoms with Crippen molar-refractivity contribution < 1.29 is 4.79 Å². The van der Waals surface area contributed by atoms with Crippen molar-refractivity contribution in [2.45, 2.75) is 15.1 Å². The van der Waals surface area contributed by atoms with Gasteiger partial charge in [0.2, 0.25) is 5.13 Å². The first-order valence-corrected chi connectivity index (χ1v) is 10.2. The number of carbonyl (C=O) groups excluding carboxylic acids is 1. The normalized spacial score (nSPS) is 10.7. The van der Waals surface area contributed by atoms with Crippen molar-refractivity contribution in [2.75, 3.05) is 4.31 Å². The van der Waals surface area contributed by atoms with E-state index in [2.05, 4.69) is 25.1 Å². The average molecular weight is 413 g/mol. The van der Waals surface area contributed by atoms with E-state index >= 15 is 0 Å². The monoisotopic (exact) mass is 412 g/mol. The molecular formula is C17H12N6OS3. The van der Waals surface area contributed by atoms with E-state index in [-0.39, 0.29) is 5.91 Å². The fraction of sp³-hybridized carbons (Fsp3) is 0. The second-order valence-corrected chi connectivity index (χ2v) is 7.97. The quantitative estimate of drug-likeness (QED) is 0.476. The van der Waals surface area contributed by atoms with E-state index in [0.717, 1.165) is 4.90 Å². The summed E-state index contributed by atoms with van der Waals surface area (Å²) in [4.78, 5) is 26.9. The van der Waals surface area contributed by atoms with Gasteiger partial charge in [-0.05, 0) is 48.0 Å². The van der Waals surface area contributed by atoms with Gasteiger partial charge in [0.1, 0.15) is 17.0 Å². The fourth-order valence-electron chi connectivity index (χ4n) is 2.11. The molecule has 1 amide bonds. The molecule has 4 aromatic rings. The maximum Gasteiger partial charge on any atom is 0.289 e. The van der Waals surface area contributed by atoms with Gasteiger partial charge in [-0.1, -0.05) is 24.3 Å². The number of hydrogen-bond donors (Lipinski definition) is 1. The molecule has 0 saturated heterocycles. The first kappa shape index (κ1) is 17.7. The Balaban J connectivity index is 1.61. The van der Waals surface area contributed by atoms with Gasteiger partial charge in [-0.15, -0.1) is 11.3 Å². The lowest BCUT2D eigenvalue weighted by molar-refractivity contribution is 0.100. The van der Waals surface area contributed by atoms with Crippen LogP contribution in [-0.4, -0.2) is 31.1 Å². The second kappa shape index (κ2) is 8.33. The van der Waals surface area contributed by atoms with Crippen LogP contribution >= 0.6 is 35.0 Å². The molecule has 134 valence electrons. The molecule has 10 heteroatoms. The van der Waals surface area contributed by atoms with Gasteiger partial charge in [-0.2, -0.15) is 5.10 Å². The minimum atomic E-state index is -0.237. The molecule has 0 aliphatic carbocycles. The molecule has 0 atom stereocenters. The van der Waals surface area contributed by atoms with Crippen LogP contribution in [-0.2, 0) is 0 Å². The highest BCUT2D eigenvalue weighted by Gasteiger charge is 2.23. The first-order chi connectivity index (χ1) is 13.3. The number of nitrogens with zero attached hydrogens (tertiary/aromatic N) is 5. The number of amides is 1. The number of aromatic nitrogens is 5. The number of H-pyrrole nitrogens is 1. The maximum absolute atomic E-state index is 13.2. The summed E-state index contributed by atoms with van der Waals surface area (Å²) in [5.41, 5.74) is 0.332. The van der Waals surface area contributed by atoms with E-state index in [1.807, 2.05) is 41.8 Å². The van der Waals surface area contributed by atoms with Crippen molar-refractivity contribution in [1.29, 1.82) is 0 Å². The number of carbonyl (C=O) groups is 1. The van der Waals surface area contributed by atoms with Gasteiger partial charge >= 0.3 is 0 Å². The van der Waals surface area contributed by atoms with Crippen LogP contribution in [0.25, 0.3) is 0 Å². The third kappa shape index (κ3) is 4.35. The SMILES string of the molecule is O=C(c1cccc(Sc2ncn[nH]2)n1)N(Sc1ccccc1)c1nccs1. The van der Waals surface area contributed by atoms with Crippen molar-refractivity contribution in [2.24, 2.45) is 0 Å². The molecule has 1 aromatic carbocycles. The third-order valence-electron chi connectivity index (χ3n) is 3.25. The summed E-state index contributed by atoms with van der Waals surface area (Å²) in [6.07, 6.45) is 3.10. The number of nitrogens with one attached hydrogen (secondary N) is 1. The highest BCUT2D eigenvalue weighted by atomic mass is 32.2. The van der Waals surface area contributed by atoms with Crippen molar-refractivity contribution in [3.8, 4) is 0 Å². The van der Waals surface area contributed by atoms with Crippen LogP contribution in [0.3, 0.4) is 0 Å². The highest BCUT2D eigenvalue weighted by Crippen LogP contribution is 2.32. The van der Waals surface area contributed by atoms with Gasteiger partial charge in [-0.3, -0.25) is 9.89 Å². The third-order valence-corrected chi connectivity index (χ3v) is 5.96. The lowest BCUT2D eigenvalue weighted by Crippen LogP contribution is -2.24. The number of aromatic amines is 1. The smallest absolute Gasteiger partial charge is 0.266 e. The maximum atomic E-state index is 13.2. The molecule has 0 fully saturated rings. The molecule has 0 radical (unpaired) electrons. The molecule has 0 aliphatic heterocycles. The molecule has 0 saturated carbocycles. The summed E-state index contributed by atoms with van der Waals surface area (Å²) in [5.74, 6) is -0.237. The Hall–Kier alpha value is -2.69. The van der Waals surface area contributed by atoms with E-state index in [1.54, 1.807) is 22.6 Å². The van der Waals surface area contributed by atoms with Gasteiger partial charge < -0.3 is 0 Å². The zero-order valence-electron chi connectivity index (χ0n) is 13.7. The number of hydrogen-bond acceptors (Lipinski definition) is 8. The molecule has 3 aromatic heterocycles. The molecule has 0 spiro atoms. The number of pyridine rings is 1. The Kier molecular flexibility index (Phi) is 5.47. The highest BCUT2D eigenvalue weighted by molar-refractivity contribution is 8.01. The standard InChI is InChI=1S/C17H12N6OS3/c24-15(13-7-4-8-14(21-13)26-16-19-11-20-22-16)23(17-18-9-10-25-17)27-12-5-2-1-3-6-12/h1-11H,(H,19,20,22). The van der Waals surface area contributed by atoms with Crippen LogP contribution in [0.15, 0.2) is 81.5 Å². The zero-order valence-corrected chi connectivity index (χ0v) is 16.2. The molecule has 0 bridgehead atoms. The molecule has 7 nitrogen and oxygen atoms in total. The largest absolute Gasteiger partial charge is 0.289 e. The topological polar surface area (TPSA) is 87.7 Å². The summed E-state index contributed by atoms with van der Waals surface area (Å²) in [6.45, 7) is 0. The van der Waals surface area contributed by atoms with Crippen LogP contribution in [0.5, 0.6) is 0 Å². The Morgan fingerprint density at radius 2 is 1.96 bits per heavy atom. The van der Waals surface area contributed by atoms with Gasteiger partial charge in [0.15, 0.2) is 5.16 Å². The lowest BCUT2D eigenvalue weighted by Gasteiger charge is -2.18. The summed E-state index contributed by atoms with van der Waals surface area (Å²) >= 11 is 4.02. The predicted molar refractivity (Wildman–Crippen MR) is 106 cm³/mol. The summed E-state index contributed by atoms with van der Waals surface area (Å²) in [6, 6.07) is 15.0. The molecule has 3 heterocycles. The van der Waals surface area contributed by atoms with E-state index in [1.165, 1.54) is 41.4 Å². The van der Waals surface area contributed by atoms with Crippen molar-refractivity contribution in [3.05, 3.63) is 72.1 Å². The Bertz CT molecular complexity index is 1010. The van der Waals surface area contributed by atoms with Gasteiger partial charge in [-0.25, -0.2) is 19.3 Å². The van der Waals surface area contributed by atoms with Crippen molar-refractivity contribution >= 4 is 46.1 Å². The lowest BCUT2D eigenvalue weighted by atomic mass is 10.3. The molecule has 27 heavy (non-hydrogen) atoms. The molecule has 0 aliphatic rings. The summed E-state index contributed by atoms with van der Waals surface area (Å²) in [7, 11) is 0. The first-order valence-electron chi connectivity index (χ1n) is 7.77. The molecule has 0 unspecified atom stereocenters. The predicted octanol–water partition coefficient (Wildman–Crippen LogP) is 4.16. The van der Waals surface area contributed by atoms with Crippen molar-refractivity contribution in [1.82, 2.24) is 25.1 Å². The summed E-state index contributed by atoms with van der Waals surface area (Å²) < 4.78 is 1.56. The van der Waals surface area contributed by atoms with E-state index in [0.29, 0.717) is 21.0 Å². The molecule has 1 N–H and O–H groups in total. The van der Waals surface area contributed by atoms with Crippen molar-refractivity contribution in [3.63, 3.8) is 0 Å². The molecule has 4 rings (SSSR count). The van der Waals surface area contributed by atoms with E-state index in [9.17, 15) is 4.79 Å². The van der Waals surface area contributed by atoms with Crippen LogP contribution in [0, 0.1) is 0 Å². The minimum Gasteiger partial charge on any atom is -0.266 e. The van der Waals surface area contributed by atoms with Gasteiger partial charge in [0.25, 0.3) is 5.91 Å². The Morgan fingerprint density at radius 3 is 2.70 bits per heavy atom. The zero-order chi connectivity index (χ0) is 18.5.